The van der Waals surface area contributed by atoms with Gasteiger partial charge in [0.25, 0.3) is 5.91 Å². The number of rotatable bonds is 5. The van der Waals surface area contributed by atoms with Crippen molar-refractivity contribution in [1.82, 2.24) is 14.7 Å². The number of nitrogens with zero attached hydrogens (tertiary/aromatic N) is 3. The highest BCUT2D eigenvalue weighted by atomic mass is 19.1. The number of piperidine rings is 1. The molecule has 2 saturated heterocycles. The lowest BCUT2D eigenvalue weighted by atomic mass is 9.89. The van der Waals surface area contributed by atoms with Gasteiger partial charge in [-0.05, 0) is 69.0 Å². The zero-order valence-corrected chi connectivity index (χ0v) is 20.4. The van der Waals surface area contributed by atoms with Crippen molar-refractivity contribution >= 4 is 22.9 Å². The van der Waals surface area contributed by atoms with Crippen LogP contribution in [0.25, 0.3) is 11.0 Å². The molecule has 3 heterocycles. The van der Waals surface area contributed by atoms with Crippen LogP contribution in [0.4, 0.5) is 9.18 Å². The van der Waals surface area contributed by atoms with Crippen LogP contribution in [0.5, 0.6) is 0 Å². The minimum atomic E-state index is -0.279. The van der Waals surface area contributed by atoms with Crippen LogP contribution in [0.2, 0.25) is 0 Å². The van der Waals surface area contributed by atoms with Gasteiger partial charge in [0.2, 0.25) is 0 Å². The van der Waals surface area contributed by atoms with Gasteiger partial charge in [0, 0.05) is 35.7 Å². The average Bonchev–Trinajstić information content (AvgIpc) is 3.45. The second-order valence-corrected chi connectivity index (χ2v) is 10.4. The maximum absolute atomic E-state index is 13.5. The molecule has 1 aliphatic carbocycles. The van der Waals surface area contributed by atoms with Crippen LogP contribution in [-0.2, 0) is 0 Å². The summed E-state index contributed by atoms with van der Waals surface area (Å²) in [6.07, 6.45) is 7.81. The quantitative estimate of drug-likeness (QED) is 0.465. The van der Waals surface area contributed by atoms with E-state index in [2.05, 4.69) is 4.90 Å². The summed E-state index contributed by atoms with van der Waals surface area (Å²) in [4.78, 5) is 32.7. The minimum Gasteiger partial charge on any atom is -0.464 e. The maximum atomic E-state index is 13.5. The lowest BCUT2D eigenvalue weighted by Gasteiger charge is -2.35. The monoisotopic (exact) mass is 489 g/mol. The van der Waals surface area contributed by atoms with Crippen molar-refractivity contribution in [1.29, 1.82) is 0 Å². The van der Waals surface area contributed by atoms with Crippen LogP contribution in [0.15, 0.2) is 59.2 Å². The summed E-state index contributed by atoms with van der Waals surface area (Å²) in [5.74, 6) is -0.0601. The zero-order chi connectivity index (χ0) is 24.6. The first-order chi connectivity index (χ1) is 17.6. The zero-order valence-electron chi connectivity index (χ0n) is 20.4. The largest absolute Gasteiger partial charge is 0.464 e. The second kappa shape index (κ2) is 9.69. The highest BCUT2D eigenvalue weighted by Gasteiger charge is 2.49. The van der Waals surface area contributed by atoms with Gasteiger partial charge in [-0.2, -0.15) is 0 Å². The fourth-order valence-corrected chi connectivity index (χ4v) is 6.45. The first-order valence-electron chi connectivity index (χ1n) is 13.2. The Hall–Kier alpha value is -3.19. The summed E-state index contributed by atoms with van der Waals surface area (Å²) in [5.41, 5.74) is 2.35. The smallest absolute Gasteiger partial charge is 0.327 e. The Morgan fingerprint density at radius 2 is 1.69 bits per heavy atom. The molecule has 2 unspecified atom stereocenters. The second-order valence-electron chi connectivity index (χ2n) is 10.4. The van der Waals surface area contributed by atoms with E-state index >= 15 is 0 Å². The molecule has 0 radical (unpaired) electrons. The number of hydrogen-bond donors (Lipinski definition) is 0. The molecule has 6 rings (SSSR count). The lowest BCUT2D eigenvalue weighted by Crippen LogP contribution is -2.44. The van der Waals surface area contributed by atoms with Gasteiger partial charge in [0.1, 0.15) is 11.4 Å². The van der Waals surface area contributed by atoms with Crippen LogP contribution in [0.1, 0.15) is 60.4 Å². The first-order valence-corrected chi connectivity index (χ1v) is 13.2. The lowest BCUT2D eigenvalue weighted by molar-refractivity contribution is 0.0757. The summed E-state index contributed by atoms with van der Waals surface area (Å²) < 4.78 is 19.1. The molecule has 7 heteroatoms. The Labute approximate surface area is 210 Å². The fraction of sp³-hybridized carbons (Fsp3) is 0.448. The number of benzene rings is 2. The molecule has 3 aliphatic rings. The summed E-state index contributed by atoms with van der Waals surface area (Å²) >= 11 is 0. The molecule has 0 N–H and O–H groups in total. The van der Waals surface area contributed by atoms with Gasteiger partial charge in [-0.15, -0.1) is 0 Å². The number of hydrogen-bond acceptors (Lipinski definition) is 4. The number of halogens is 1. The topological polar surface area (TPSA) is 57.0 Å². The van der Waals surface area contributed by atoms with E-state index in [1.807, 2.05) is 29.2 Å². The van der Waals surface area contributed by atoms with Gasteiger partial charge in [0.05, 0.1) is 18.3 Å². The van der Waals surface area contributed by atoms with Gasteiger partial charge < -0.3 is 14.2 Å². The number of fused-ring (bicyclic) bond motifs is 2. The number of carbonyl (C=O) groups is 2. The number of likely N-dealkylation sites (tertiary alicyclic amines) is 1. The van der Waals surface area contributed by atoms with Crippen LogP contribution in [0.3, 0.4) is 0 Å². The molecule has 0 spiro atoms. The van der Waals surface area contributed by atoms with Crippen molar-refractivity contribution in [2.75, 3.05) is 26.2 Å². The van der Waals surface area contributed by atoms with Gasteiger partial charge >= 0.3 is 6.03 Å². The van der Waals surface area contributed by atoms with Crippen molar-refractivity contribution in [3.63, 3.8) is 0 Å². The first kappa shape index (κ1) is 23.2. The third kappa shape index (κ3) is 4.19. The summed E-state index contributed by atoms with van der Waals surface area (Å²) in [7, 11) is 0. The van der Waals surface area contributed by atoms with E-state index in [9.17, 15) is 14.0 Å². The molecule has 3 aromatic rings. The van der Waals surface area contributed by atoms with Crippen molar-refractivity contribution < 1.29 is 18.4 Å². The molecule has 6 nitrogen and oxygen atoms in total. The van der Waals surface area contributed by atoms with E-state index < -0.39 is 0 Å². The molecule has 2 atom stereocenters. The molecule has 36 heavy (non-hydrogen) atoms. The van der Waals surface area contributed by atoms with E-state index in [0.29, 0.717) is 23.6 Å². The normalized spacial score (nSPS) is 23.4. The van der Waals surface area contributed by atoms with Gasteiger partial charge in [-0.3, -0.25) is 9.69 Å². The van der Waals surface area contributed by atoms with E-state index in [0.717, 1.165) is 63.5 Å². The highest BCUT2D eigenvalue weighted by Crippen LogP contribution is 2.37. The van der Waals surface area contributed by atoms with Crippen LogP contribution in [-0.4, -0.2) is 64.9 Å². The molecule has 3 fully saturated rings. The molecular formula is C29H32FN3O3. The number of furan rings is 1. The molecule has 2 aliphatic heterocycles. The Balaban J connectivity index is 1.09. The Kier molecular flexibility index (Phi) is 6.25. The van der Waals surface area contributed by atoms with Crippen molar-refractivity contribution in [3.8, 4) is 0 Å². The third-order valence-electron chi connectivity index (χ3n) is 8.37. The summed E-state index contributed by atoms with van der Waals surface area (Å²) in [6.45, 7) is 3.35. The Bertz CT molecular complexity index is 1250. The van der Waals surface area contributed by atoms with E-state index in [1.54, 1.807) is 18.4 Å². The molecule has 1 saturated carbocycles. The van der Waals surface area contributed by atoms with Crippen molar-refractivity contribution in [2.45, 2.75) is 56.5 Å². The summed E-state index contributed by atoms with van der Waals surface area (Å²) in [5, 5.41) is 1.00. The maximum Gasteiger partial charge on any atom is 0.327 e. The molecule has 188 valence electrons. The number of urea groups is 1. The third-order valence-corrected chi connectivity index (χ3v) is 8.37. The predicted molar refractivity (Wildman–Crippen MR) is 135 cm³/mol. The van der Waals surface area contributed by atoms with Crippen molar-refractivity contribution in [2.24, 2.45) is 0 Å². The number of carbonyl (C=O) groups excluding carboxylic acids is 2. The van der Waals surface area contributed by atoms with E-state index in [4.69, 9.17) is 4.42 Å². The van der Waals surface area contributed by atoms with Crippen LogP contribution >= 0.6 is 0 Å². The van der Waals surface area contributed by atoms with Crippen molar-refractivity contribution in [3.05, 3.63) is 71.7 Å². The summed E-state index contributed by atoms with van der Waals surface area (Å²) in [6, 6.07) is 13.9. The predicted octanol–water partition coefficient (Wildman–Crippen LogP) is 5.64. The fourth-order valence-electron chi connectivity index (χ4n) is 6.45. The van der Waals surface area contributed by atoms with Crippen LogP contribution in [0, 0.1) is 5.82 Å². The number of imide groups is 1. The molecule has 0 bridgehead atoms. The average molecular weight is 490 g/mol. The minimum absolute atomic E-state index is 0.0242. The highest BCUT2D eigenvalue weighted by molar-refractivity contribution is 6.05. The van der Waals surface area contributed by atoms with Crippen LogP contribution < -0.4 is 0 Å². The van der Waals surface area contributed by atoms with Gasteiger partial charge in [-0.25, -0.2) is 9.18 Å². The van der Waals surface area contributed by atoms with E-state index in [1.165, 1.54) is 22.6 Å². The Morgan fingerprint density at radius 3 is 2.47 bits per heavy atom. The number of amides is 3. The molecule has 1 aromatic heterocycles. The molecular weight excluding hydrogens is 457 g/mol. The SMILES string of the molecule is O=C(c1ccccc1)N1C(=O)N(CCN2CCC(c3coc4cc(F)ccc34)CC2)C2CCCCC21. The molecule has 3 amide bonds. The van der Waals surface area contributed by atoms with Gasteiger partial charge in [-0.1, -0.05) is 31.0 Å². The standard InChI is InChI=1S/C29H32FN3O3/c30-22-10-11-23-24(19-36-27(23)18-22)20-12-14-31(15-13-20)16-17-32-25-8-4-5-9-26(25)33(29(32)35)28(34)21-6-2-1-3-7-21/h1-3,6-7,10-11,18-20,25-26H,4-5,8-9,12-17H2. The van der Waals surface area contributed by atoms with E-state index in [-0.39, 0.29) is 29.8 Å². The Morgan fingerprint density at radius 1 is 0.944 bits per heavy atom. The van der Waals surface area contributed by atoms with Gasteiger partial charge in [0.15, 0.2) is 0 Å². The molecule has 2 aromatic carbocycles.